The Labute approximate surface area is 93.5 Å². The molecule has 2 rings (SSSR count). The Balaban J connectivity index is 2.22. The molecule has 1 aromatic carbocycles. The van der Waals surface area contributed by atoms with Gasteiger partial charge in [-0.2, -0.15) is 0 Å². The zero-order valence-corrected chi connectivity index (χ0v) is 9.12. The van der Waals surface area contributed by atoms with Gasteiger partial charge in [-0.3, -0.25) is 0 Å². The van der Waals surface area contributed by atoms with Crippen LogP contribution in [0, 0.1) is 0 Å². The summed E-state index contributed by atoms with van der Waals surface area (Å²) in [6.07, 6.45) is 2.12. The number of hydrogen-bond donors (Lipinski definition) is 0. The molecule has 0 saturated heterocycles. The Morgan fingerprint density at radius 2 is 2.00 bits per heavy atom. The molecule has 0 fully saturated rings. The van der Waals surface area contributed by atoms with Gasteiger partial charge in [0.25, 0.3) is 0 Å². The van der Waals surface area contributed by atoms with E-state index < -0.39 is 0 Å². The number of carbonyl (C=O) groups is 1. The number of ether oxygens (including phenoxy) is 1. The van der Waals surface area contributed by atoms with Crippen LogP contribution in [0.4, 0.5) is 0 Å². The number of esters is 1. The molecule has 3 heteroatoms. The molecule has 2 nitrogen and oxygen atoms in total. The molecule has 0 saturated carbocycles. The van der Waals surface area contributed by atoms with Crippen LogP contribution in [-0.4, -0.2) is 5.97 Å². The lowest BCUT2D eigenvalue weighted by Crippen LogP contribution is -2.15. The fourth-order valence-corrected chi connectivity index (χ4v) is 1.76. The summed E-state index contributed by atoms with van der Waals surface area (Å²) in [7, 11) is 0. The number of hydrogen-bond acceptors (Lipinski definition) is 2. The Bertz CT molecular complexity index is 406. The topological polar surface area (TPSA) is 26.3 Å². The molecule has 15 heavy (non-hydrogen) atoms. The highest BCUT2D eigenvalue weighted by Gasteiger charge is 2.20. The summed E-state index contributed by atoms with van der Waals surface area (Å²) in [5.74, 6) is -0.265. The molecule has 1 aliphatic heterocycles. The van der Waals surface area contributed by atoms with Gasteiger partial charge in [-0.25, -0.2) is 4.79 Å². The van der Waals surface area contributed by atoms with Crippen LogP contribution in [0.25, 0.3) is 0 Å². The second kappa shape index (κ2) is 4.07. The predicted molar refractivity (Wildman–Crippen MR) is 58.7 cm³/mol. The van der Waals surface area contributed by atoms with Crippen molar-refractivity contribution in [2.75, 3.05) is 0 Å². The first kappa shape index (κ1) is 10.2. The van der Waals surface area contributed by atoms with E-state index in [0.29, 0.717) is 5.02 Å². The summed E-state index contributed by atoms with van der Waals surface area (Å²) in [6.45, 7) is 1.93. The fraction of sp³-hybridized carbons (Fsp3) is 0.250. The minimum absolute atomic E-state index is 0.167. The maximum atomic E-state index is 11.2. The van der Waals surface area contributed by atoms with E-state index in [2.05, 4.69) is 0 Å². The average Bonchev–Trinajstić information content (AvgIpc) is 2.17. The van der Waals surface area contributed by atoms with Gasteiger partial charge in [-0.05, 0) is 24.6 Å². The van der Waals surface area contributed by atoms with Gasteiger partial charge in [-0.1, -0.05) is 29.3 Å². The Kier molecular flexibility index (Phi) is 2.78. The summed E-state index contributed by atoms with van der Waals surface area (Å²) >= 11 is 5.79. The van der Waals surface area contributed by atoms with Crippen LogP contribution in [0.15, 0.2) is 35.9 Å². The third kappa shape index (κ3) is 2.39. The largest absolute Gasteiger partial charge is 0.454 e. The fourth-order valence-electron chi connectivity index (χ4n) is 1.63. The highest BCUT2D eigenvalue weighted by atomic mass is 35.5. The molecule has 0 amide bonds. The van der Waals surface area contributed by atoms with Crippen molar-refractivity contribution in [2.45, 2.75) is 19.4 Å². The van der Waals surface area contributed by atoms with Crippen LogP contribution in [0.2, 0.25) is 5.02 Å². The van der Waals surface area contributed by atoms with Gasteiger partial charge in [0.2, 0.25) is 0 Å². The molecule has 78 valence electrons. The van der Waals surface area contributed by atoms with Crippen molar-refractivity contribution in [2.24, 2.45) is 0 Å². The number of carbonyl (C=O) groups excluding carboxylic acids is 1. The van der Waals surface area contributed by atoms with E-state index in [-0.39, 0.29) is 12.1 Å². The van der Waals surface area contributed by atoms with Crippen LogP contribution >= 0.6 is 11.6 Å². The lowest BCUT2D eigenvalue weighted by atomic mass is 10.0. The molecular formula is C12H11ClO2. The molecule has 1 atom stereocenters. The van der Waals surface area contributed by atoms with Crippen molar-refractivity contribution in [3.05, 3.63) is 46.5 Å². The van der Waals surface area contributed by atoms with E-state index >= 15 is 0 Å². The molecule has 0 aliphatic carbocycles. The van der Waals surface area contributed by atoms with Crippen LogP contribution in [0.5, 0.6) is 0 Å². The van der Waals surface area contributed by atoms with E-state index in [1.54, 1.807) is 12.1 Å². The normalized spacial score (nSPS) is 20.8. The Morgan fingerprint density at radius 3 is 2.60 bits per heavy atom. The van der Waals surface area contributed by atoms with Gasteiger partial charge in [0.05, 0.1) is 0 Å². The molecule has 0 aromatic heterocycles. The van der Waals surface area contributed by atoms with Crippen LogP contribution in [0.3, 0.4) is 0 Å². The van der Waals surface area contributed by atoms with E-state index in [0.717, 1.165) is 17.6 Å². The first-order valence-corrected chi connectivity index (χ1v) is 5.16. The lowest BCUT2D eigenvalue weighted by Gasteiger charge is -2.21. The highest BCUT2D eigenvalue weighted by Crippen LogP contribution is 2.29. The van der Waals surface area contributed by atoms with Gasteiger partial charge in [-0.15, -0.1) is 0 Å². The summed E-state index contributed by atoms with van der Waals surface area (Å²) in [5, 5.41) is 0.688. The third-order valence-electron chi connectivity index (χ3n) is 2.37. The summed E-state index contributed by atoms with van der Waals surface area (Å²) in [5.41, 5.74) is 2.03. The highest BCUT2D eigenvalue weighted by molar-refractivity contribution is 6.30. The SMILES string of the molecule is CC1=CC(=O)OC(c2ccc(Cl)cc2)C1. The van der Waals surface area contributed by atoms with Gasteiger partial charge in [0.15, 0.2) is 0 Å². The summed E-state index contributed by atoms with van der Waals surface area (Å²) in [6, 6.07) is 7.38. The maximum Gasteiger partial charge on any atom is 0.331 e. The number of rotatable bonds is 1. The van der Waals surface area contributed by atoms with Crippen LogP contribution < -0.4 is 0 Å². The summed E-state index contributed by atoms with van der Waals surface area (Å²) < 4.78 is 5.22. The molecule has 1 aliphatic rings. The van der Waals surface area contributed by atoms with Crippen LogP contribution in [-0.2, 0) is 9.53 Å². The first-order valence-electron chi connectivity index (χ1n) is 4.78. The van der Waals surface area contributed by atoms with Gasteiger partial charge in [0.1, 0.15) is 6.10 Å². The zero-order chi connectivity index (χ0) is 10.8. The molecule has 0 radical (unpaired) electrons. The monoisotopic (exact) mass is 222 g/mol. The van der Waals surface area contributed by atoms with Crippen molar-refractivity contribution >= 4 is 17.6 Å². The summed E-state index contributed by atoms with van der Waals surface area (Å²) in [4.78, 5) is 11.2. The molecular weight excluding hydrogens is 212 g/mol. The van der Waals surface area contributed by atoms with Crippen molar-refractivity contribution in [3.8, 4) is 0 Å². The van der Waals surface area contributed by atoms with Crippen LogP contribution in [0.1, 0.15) is 25.0 Å². The average molecular weight is 223 g/mol. The lowest BCUT2D eigenvalue weighted by molar-refractivity contribution is -0.144. The predicted octanol–water partition coefficient (Wildman–Crippen LogP) is 3.27. The molecule has 0 N–H and O–H groups in total. The standard InChI is InChI=1S/C12H11ClO2/c1-8-6-11(15-12(14)7-8)9-2-4-10(13)5-3-9/h2-5,7,11H,6H2,1H3. The number of benzene rings is 1. The molecule has 0 spiro atoms. The third-order valence-corrected chi connectivity index (χ3v) is 2.62. The van der Waals surface area contributed by atoms with Crippen molar-refractivity contribution in [1.82, 2.24) is 0 Å². The minimum atomic E-state index is -0.265. The smallest absolute Gasteiger partial charge is 0.331 e. The Hall–Kier alpha value is -1.28. The minimum Gasteiger partial charge on any atom is -0.454 e. The van der Waals surface area contributed by atoms with E-state index in [1.807, 2.05) is 19.1 Å². The van der Waals surface area contributed by atoms with E-state index in [9.17, 15) is 4.79 Å². The Morgan fingerprint density at radius 1 is 1.33 bits per heavy atom. The van der Waals surface area contributed by atoms with Crippen molar-refractivity contribution in [3.63, 3.8) is 0 Å². The second-order valence-electron chi connectivity index (χ2n) is 3.67. The molecule has 0 bridgehead atoms. The zero-order valence-electron chi connectivity index (χ0n) is 8.37. The maximum absolute atomic E-state index is 11.2. The van der Waals surface area contributed by atoms with Gasteiger partial charge < -0.3 is 4.74 Å². The van der Waals surface area contributed by atoms with E-state index in [1.165, 1.54) is 6.08 Å². The van der Waals surface area contributed by atoms with Crippen molar-refractivity contribution < 1.29 is 9.53 Å². The van der Waals surface area contributed by atoms with E-state index in [4.69, 9.17) is 16.3 Å². The second-order valence-corrected chi connectivity index (χ2v) is 4.11. The molecule has 1 heterocycles. The number of cyclic esters (lactones) is 1. The molecule has 1 unspecified atom stereocenters. The van der Waals surface area contributed by atoms with Crippen molar-refractivity contribution in [1.29, 1.82) is 0 Å². The van der Waals surface area contributed by atoms with Gasteiger partial charge in [0, 0.05) is 17.5 Å². The molecule has 1 aromatic rings. The van der Waals surface area contributed by atoms with Gasteiger partial charge >= 0.3 is 5.97 Å². The number of halogens is 1. The quantitative estimate of drug-likeness (QED) is 0.682. The first-order chi connectivity index (χ1) is 7.15.